The molecule has 12 N–H and O–H groups in total. The second kappa shape index (κ2) is 27.8. The van der Waals surface area contributed by atoms with Gasteiger partial charge in [0.2, 0.25) is 0 Å². The van der Waals surface area contributed by atoms with Gasteiger partial charge < -0.3 is 40.9 Å². The molecule has 5 rings (SSSR count). The van der Waals surface area contributed by atoms with Crippen LogP contribution < -0.4 is 0 Å². The van der Waals surface area contributed by atoms with Crippen molar-refractivity contribution >= 4 is 40.5 Å². The van der Waals surface area contributed by atoms with Crippen LogP contribution in [0.5, 0.6) is 46.0 Å². The molecule has 0 fully saturated rings. The van der Waals surface area contributed by atoms with Crippen molar-refractivity contribution in [1.29, 1.82) is 0 Å². The largest absolute Gasteiger partial charge is 0.507 e. The van der Waals surface area contributed by atoms with Crippen LogP contribution in [-0.4, -0.2) is 92.7 Å². The average molecular weight is 1200 g/mol. The van der Waals surface area contributed by atoms with Crippen molar-refractivity contribution in [3.63, 3.8) is 0 Å². The van der Waals surface area contributed by atoms with Gasteiger partial charge in [-0.15, -0.1) is 0 Å². The van der Waals surface area contributed by atoms with Crippen LogP contribution in [0.2, 0.25) is 0 Å². The first-order valence-corrected chi connectivity index (χ1v) is 33.9. The molecule has 0 aromatic heterocycles. The van der Waals surface area contributed by atoms with Crippen molar-refractivity contribution in [3.05, 3.63) is 91.0 Å². The van der Waals surface area contributed by atoms with Crippen LogP contribution in [0.1, 0.15) is 247 Å². The summed E-state index contributed by atoms with van der Waals surface area (Å²) in [6, 6.07) is 5.09. The van der Waals surface area contributed by atoms with E-state index in [2.05, 4.69) is 0 Å². The second-order valence-electron chi connectivity index (χ2n) is 21.4. The first-order chi connectivity index (χ1) is 37.4. The van der Waals surface area contributed by atoms with E-state index in [1.807, 2.05) is 27.7 Å². The lowest BCUT2D eigenvalue weighted by Gasteiger charge is -2.31. The summed E-state index contributed by atoms with van der Waals surface area (Å²) in [6.45, 7) is 7.72. The minimum absolute atomic E-state index is 0.0611. The quantitative estimate of drug-likeness (QED) is 0.0186. The average Bonchev–Trinajstić information content (AvgIpc) is 3.35. The summed E-state index contributed by atoms with van der Waals surface area (Å²) in [5.41, 5.74) is -4.94. The fraction of sp³-hybridized carbons (Fsp3) is 0.571. The molecule has 0 spiro atoms. The molecule has 0 atom stereocenters. The summed E-state index contributed by atoms with van der Waals surface area (Å²) in [5, 5.41) is 99.7. The molecule has 1 aliphatic carbocycles. The predicted octanol–water partition coefficient (Wildman–Crippen LogP) is 11.6. The molecule has 8 bridgehead atoms. The Morgan fingerprint density at radius 2 is 0.425 bits per heavy atom. The van der Waals surface area contributed by atoms with E-state index in [4.69, 9.17) is 0 Å². The maximum Gasteiger partial charge on any atom is 0.269 e. The number of hydrogen-bond donors (Lipinski definition) is 12. The topological polar surface area (TPSA) is 379 Å². The molecule has 80 heavy (non-hydrogen) atoms. The predicted molar refractivity (Wildman–Crippen MR) is 303 cm³/mol. The highest BCUT2D eigenvalue weighted by molar-refractivity contribution is 7.85. The van der Waals surface area contributed by atoms with E-state index in [0.29, 0.717) is 51.4 Å². The van der Waals surface area contributed by atoms with E-state index >= 15 is 0 Å². The van der Waals surface area contributed by atoms with Crippen molar-refractivity contribution in [2.45, 2.75) is 203 Å². The monoisotopic (exact) mass is 1200 g/mol. The maximum atomic E-state index is 13.0. The molecule has 1 aliphatic rings. The van der Waals surface area contributed by atoms with Gasteiger partial charge in [0.1, 0.15) is 69.0 Å². The number of benzene rings is 4. The Hall–Kier alpha value is -5.08. The third-order valence-electron chi connectivity index (χ3n) is 15.4. The molecule has 0 amide bonds. The Bertz CT molecular complexity index is 2750. The fourth-order valence-electron chi connectivity index (χ4n) is 11.5. The molecule has 0 saturated carbocycles. The highest BCUT2D eigenvalue weighted by Crippen LogP contribution is 2.56. The molecule has 448 valence electrons. The Morgan fingerprint density at radius 1 is 0.275 bits per heavy atom. The number of aromatic hydroxyl groups is 8. The standard InChI is InChI=1S/C56H80O20S4/c1-5-9-13-17-21-33-37-25-39(51(59)45(49(37)57)29-77(65,66)67)34(22-18-14-10-6-2)41-27-43(55(63)47(53(41)61)31-79(71,72)73)36(24-20-16-12-8-4)44-28-42(54(62)48(56(44)64)32-80(74,75)76)35(23-19-15-11-7-3)40-26-38(33)50(58)46(52(40)60)30-78(68,69)70/h25-28,33-36,57-64H,5-24,29-32H2,1-4H3,(H,65,66,67)(H,68,69,70)(H,71,72,73)(H,74,75,76). The molecule has 24 heteroatoms. The SMILES string of the molecule is CCCCCCC1c2cc(c(O)c(CS(=O)(=O)O)c2O)C(CCCCCC)c2cc(c(O)c(CS(=O)(=O)O)c2O)C(CCCCCC)c2cc(c(O)c(CS(=O)(=O)O)c2O)C(CCCCCC)c2cc1c(O)c(CS(=O)(=O)O)c2O. The lowest BCUT2D eigenvalue weighted by Crippen LogP contribution is -2.16. The molecular formula is C56H80O20S4. The number of unbranched alkanes of at least 4 members (excludes halogenated alkanes) is 12. The van der Waals surface area contributed by atoms with Gasteiger partial charge in [0.05, 0.1) is 22.3 Å². The van der Waals surface area contributed by atoms with Gasteiger partial charge in [-0.05, 0) is 49.9 Å². The molecule has 0 radical (unpaired) electrons. The summed E-state index contributed by atoms with van der Waals surface area (Å²) in [5.74, 6) is -18.5. The Morgan fingerprint density at radius 3 is 0.550 bits per heavy atom. The summed E-state index contributed by atoms with van der Waals surface area (Å²) in [6.07, 6.45) is 8.50. The van der Waals surface area contributed by atoms with E-state index in [9.17, 15) is 92.7 Å². The molecule has 20 nitrogen and oxygen atoms in total. The smallest absolute Gasteiger partial charge is 0.269 e. The summed E-state index contributed by atoms with van der Waals surface area (Å²) in [4.78, 5) is 0. The van der Waals surface area contributed by atoms with Crippen molar-refractivity contribution in [2.24, 2.45) is 0 Å². The Labute approximate surface area is 470 Å². The van der Waals surface area contributed by atoms with Crippen LogP contribution in [-0.2, 0) is 63.5 Å². The zero-order valence-electron chi connectivity index (χ0n) is 45.9. The first kappa shape index (κ1) is 65.7. The second-order valence-corrected chi connectivity index (χ2v) is 27.2. The first-order valence-electron chi connectivity index (χ1n) is 27.5. The Balaban J connectivity index is 2.24. The van der Waals surface area contributed by atoms with E-state index in [1.165, 1.54) is 24.3 Å². The van der Waals surface area contributed by atoms with Gasteiger partial charge in [0.15, 0.2) is 0 Å². The highest BCUT2D eigenvalue weighted by Gasteiger charge is 2.39. The normalized spacial score (nSPS) is 17.0. The van der Waals surface area contributed by atoms with Gasteiger partial charge >= 0.3 is 0 Å². The number of phenolic OH excluding ortho intramolecular Hbond substituents is 8. The van der Waals surface area contributed by atoms with E-state index in [1.54, 1.807) is 0 Å². The number of rotatable bonds is 28. The van der Waals surface area contributed by atoms with Crippen LogP contribution in [0, 0.1) is 0 Å². The zero-order valence-corrected chi connectivity index (χ0v) is 49.1. The number of fused-ring (bicyclic) bond motifs is 8. The molecule has 4 aromatic rings. The lowest BCUT2D eigenvalue weighted by atomic mass is 9.74. The van der Waals surface area contributed by atoms with Crippen LogP contribution >= 0.6 is 0 Å². The van der Waals surface area contributed by atoms with Crippen molar-refractivity contribution in [1.82, 2.24) is 0 Å². The van der Waals surface area contributed by atoms with Gasteiger partial charge in [-0.1, -0.05) is 130 Å². The van der Waals surface area contributed by atoms with Crippen LogP contribution in [0.4, 0.5) is 0 Å². The van der Waals surface area contributed by atoms with Crippen LogP contribution in [0.3, 0.4) is 0 Å². The Kier molecular flexibility index (Phi) is 22.8. The summed E-state index contributed by atoms with van der Waals surface area (Å²) < 4.78 is 145. The van der Waals surface area contributed by atoms with Crippen molar-refractivity contribution < 1.29 is 92.7 Å². The third kappa shape index (κ3) is 16.6. The van der Waals surface area contributed by atoms with Gasteiger partial charge in [-0.2, -0.15) is 33.7 Å². The minimum atomic E-state index is -5.15. The molecule has 0 heterocycles. The fourth-order valence-corrected chi connectivity index (χ4v) is 14.0. The number of phenols is 8. The molecule has 0 saturated heterocycles. The van der Waals surface area contributed by atoms with E-state index in [0.717, 1.165) is 25.7 Å². The third-order valence-corrected chi connectivity index (χ3v) is 18.0. The van der Waals surface area contributed by atoms with Gasteiger partial charge in [-0.25, -0.2) is 0 Å². The van der Waals surface area contributed by atoms with Crippen LogP contribution in [0.25, 0.3) is 0 Å². The molecular weight excluding hydrogens is 1120 g/mol. The van der Waals surface area contributed by atoms with Gasteiger partial charge in [0.25, 0.3) is 40.5 Å². The summed E-state index contributed by atoms with van der Waals surface area (Å²) >= 11 is 0. The van der Waals surface area contributed by atoms with Crippen molar-refractivity contribution in [3.8, 4) is 46.0 Å². The van der Waals surface area contributed by atoms with E-state index < -0.39 is 155 Å². The highest BCUT2D eigenvalue weighted by atomic mass is 32.2. The molecule has 4 aromatic carbocycles. The van der Waals surface area contributed by atoms with Crippen molar-refractivity contribution in [2.75, 3.05) is 0 Å². The zero-order chi connectivity index (χ0) is 59.7. The lowest BCUT2D eigenvalue weighted by molar-refractivity contribution is 0.406. The minimum Gasteiger partial charge on any atom is -0.507 e. The van der Waals surface area contributed by atoms with Gasteiger partial charge in [-0.3, -0.25) is 18.2 Å². The van der Waals surface area contributed by atoms with E-state index in [-0.39, 0.29) is 95.9 Å². The maximum absolute atomic E-state index is 13.0. The van der Waals surface area contributed by atoms with Gasteiger partial charge in [0, 0.05) is 68.2 Å². The number of hydrogen-bond acceptors (Lipinski definition) is 16. The van der Waals surface area contributed by atoms with Crippen LogP contribution in [0.15, 0.2) is 24.3 Å². The summed E-state index contributed by atoms with van der Waals surface area (Å²) in [7, 11) is -20.6. The molecule has 0 unspecified atom stereocenters. The molecule has 0 aliphatic heterocycles.